The third-order valence-electron chi connectivity index (χ3n) is 4.77. The summed E-state index contributed by atoms with van der Waals surface area (Å²) >= 11 is 0. The van der Waals surface area contributed by atoms with Gasteiger partial charge in [-0.05, 0) is 36.5 Å². The summed E-state index contributed by atoms with van der Waals surface area (Å²) in [5.41, 5.74) is 0.743. The van der Waals surface area contributed by atoms with E-state index in [1.165, 1.54) is 6.42 Å². The standard InChI is InChI=1S/C11H18O/c1-7(12)9-5-8-6-11(8,4)10(9,2)3/h8-9H,5-6H2,1-4H3. The van der Waals surface area contributed by atoms with Crippen molar-refractivity contribution in [2.45, 2.75) is 40.5 Å². The molecule has 2 aliphatic carbocycles. The average molecular weight is 166 g/mol. The van der Waals surface area contributed by atoms with E-state index in [-0.39, 0.29) is 5.41 Å². The lowest BCUT2D eigenvalue weighted by Gasteiger charge is -2.33. The Hall–Kier alpha value is -0.330. The van der Waals surface area contributed by atoms with Crippen LogP contribution in [0.25, 0.3) is 0 Å². The Balaban J connectivity index is 2.29. The van der Waals surface area contributed by atoms with E-state index in [4.69, 9.17) is 0 Å². The average Bonchev–Trinajstić information content (AvgIpc) is 2.52. The fourth-order valence-corrected chi connectivity index (χ4v) is 3.24. The molecule has 0 aromatic heterocycles. The number of ketones is 1. The van der Waals surface area contributed by atoms with Gasteiger partial charge in [-0.2, -0.15) is 0 Å². The van der Waals surface area contributed by atoms with Gasteiger partial charge in [-0.1, -0.05) is 20.8 Å². The van der Waals surface area contributed by atoms with E-state index in [0.29, 0.717) is 17.1 Å². The maximum absolute atomic E-state index is 11.4. The zero-order valence-electron chi connectivity index (χ0n) is 8.48. The Morgan fingerprint density at radius 1 is 1.33 bits per heavy atom. The Bertz CT molecular complexity index is 241. The van der Waals surface area contributed by atoms with Gasteiger partial charge >= 0.3 is 0 Å². The molecule has 0 saturated heterocycles. The van der Waals surface area contributed by atoms with Crippen LogP contribution < -0.4 is 0 Å². The Labute approximate surface area is 74.5 Å². The highest BCUT2D eigenvalue weighted by atomic mass is 16.1. The summed E-state index contributed by atoms with van der Waals surface area (Å²) in [5.74, 6) is 1.58. The SMILES string of the molecule is CC(=O)C1CC2CC2(C)C1(C)C. The van der Waals surface area contributed by atoms with Crippen molar-refractivity contribution < 1.29 is 4.79 Å². The van der Waals surface area contributed by atoms with Crippen LogP contribution in [0.5, 0.6) is 0 Å². The van der Waals surface area contributed by atoms with E-state index in [1.54, 1.807) is 6.92 Å². The number of rotatable bonds is 1. The minimum absolute atomic E-state index is 0.253. The lowest BCUT2D eigenvalue weighted by Crippen LogP contribution is -2.32. The van der Waals surface area contributed by atoms with E-state index in [9.17, 15) is 4.79 Å². The molecule has 3 unspecified atom stereocenters. The minimum Gasteiger partial charge on any atom is -0.300 e. The normalized spacial score (nSPS) is 48.7. The van der Waals surface area contributed by atoms with Crippen LogP contribution in [0.3, 0.4) is 0 Å². The van der Waals surface area contributed by atoms with Crippen molar-refractivity contribution >= 4 is 5.78 Å². The van der Waals surface area contributed by atoms with Gasteiger partial charge in [0.2, 0.25) is 0 Å². The second-order valence-corrected chi connectivity index (χ2v) is 5.44. The highest BCUT2D eigenvalue weighted by Gasteiger charge is 2.67. The van der Waals surface area contributed by atoms with Gasteiger partial charge in [-0.15, -0.1) is 0 Å². The first kappa shape index (κ1) is 8.28. The molecule has 0 aliphatic heterocycles. The Morgan fingerprint density at radius 2 is 1.92 bits per heavy atom. The van der Waals surface area contributed by atoms with Gasteiger partial charge in [0.25, 0.3) is 0 Å². The van der Waals surface area contributed by atoms with Crippen LogP contribution in [0.2, 0.25) is 0 Å². The quantitative estimate of drug-likeness (QED) is 0.585. The number of fused-ring (bicyclic) bond motifs is 1. The van der Waals surface area contributed by atoms with Crippen LogP contribution in [0.15, 0.2) is 0 Å². The van der Waals surface area contributed by atoms with Crippen molar-refractivity contribution in [1.82, 2.24) is 0 Å². The molecule has 0 aromatic rings. The molecule has 2 fully saturated rings. The monoisotopic (exact) mass is 166 g/mol. The molecule has 12 heavy (non-hydrogen) atoms. The summed E-state index contributed by atoms with van der Waals surface area (Å²) in [6.07, 6.45) is 2.50. The van der Waals surface area contributed by atoms with Gasteiger partial charge in [0, 0.05) is 5.92 Å². The molecule has 0 spiro atoms. The fraction of sp³-hybridized carbons (Fsp3) is 0.909. The van der Waals surface area contributed by atoms with E-state index in [1.807, 2.05) is 0 Å². The largest absolute Gasteiger partial charge is 0.300 e. The molecule has 1 nitrogen and oxygen atoms in total. The summed E-state index contributed by atoms with van der Waals surface area (Å²) in [6, 6.07) is 0. The first-order valence-electron chi connectivity index (χ1n) is 4.90. The molecular weight excluding hydrogens is 148 g/mol. The molecule has 3 atom stereocenters. The molecule has 0 N–H and O–H groups in total. The molecule has 0 bridgehead atoms. The second kappa shape index (κ2) is 1.94. The van der Waals surface area contributed by atoms with E-state index >= 15 is 0 Å². The van der Waals surface area contributed by atoms with Crippen LogP contribution in [-0.4, -0.2) is 5.78 Å². The maximum Gasteiger partial charge on any atom is 0.133 e. The number of carbonyl (C=O) groups excluding carboxylic acids is 1. The molecule has 0 radical (unpaired) electrons. The van der Waals surface area contributed by atoms with Gasteiger partial charge in [-0.25, -0.2) is 0 Å². The van der Waals surface area contributed by atoms with Crippen molar-refractivity contribution in [3.8, 4) is 0 Å². The fourth-order valence-electron chi connectivity index (χ4n) is 3.24. The molecule has 68 valence electrons. The zero-order chi connectivity index (χ0) is 9.15. The molecule has 2 aliphatic rings. The molecule has 2 saturated carbocycles. The van der Waals surface area contributed by atoms with E-state index in [2.05, 4.69) is 20.8 Å². The van der Waals surface area contributed by atoms with Gasteiger partial charge in [-0.3, -0.25) is 4.79 Å². The van der Waals surface area contributed by atoms with Gasteiger partial charge in [0.1, 0.15) is 5.78 Å². The van der Waals surface area contributed by atoms with Crippen molar-refractivity contribution in [3.05, 3.63) is 0 Å². The topological polar surface area (TPSA) is 17.1 Å². The zero-order valence-corrected chi connectivity index (χ0v) is 8.48. The Morgan fingerprint density at radius 3 is 2.17 bits per heavy atom. The van der Waals surface area contributed by atoms with E-state index in [0.717, 1.165) is 12.3 Å². The number of carbonyl (C=O) groups is 1. The third-order valence-corrected chi connectivity index (χ3v) is 4.77. The van der Waals surface area contributed by atoms with Crippen molar-refractivity contribution in [3.63, 3.8) is 0 Å². The molecule has 2 rings (SSSR count). The highest BCUT2D eigenvalue weighted by molar-refractivity contribution is 5.80. The molecular formula is C11H18O. The number of hydrogen-bond acceptors (Lipinski definition) is 1. The van der Waals surface area contributed by atoms with Gasteiger partial charge in [0.15, 0.2) is 0 Å². The van der Waals surface area contributed by atoms with E-state index < -0.39 is 0 Å². The predicted octanol–water partition coefficient (Wildman–Crippen LogP) is 2.65. The van der Waals surface area contributed by atoms with Crippen LogP contribution in [0, 0.1) is 22.7 Å². The van der Waals surface area contributed by atoms with Crippen molar-refractivity contribution in [2.75, 3.05) is 0 Å². The molecule has 0 aromatic carbocycles. The third kappa shape index (κ3) is 0.725. The van der Waals surface area contributed by atoms with Crippen LogP contribution in [-0.2, 0) is 4.79 Å². The summed E-state index contributed by atoms with van der Waals surface area (Å²) in [4.78, 5) is 11.4. The Kier molecular flexibility index (Phi) is 1.34. The highest BCUT2D eigenvalue weighted by Crippen LogP contribution is 2.73. The molecule has 1 heteroatoms. The lowest BCUT2D eigenvalue weighted by molar-refractivity contribution is -0.124. The van der Waals surface area contributed by atoms with Gasteiger partial charge in [0.05, 0.1) is 0 Å². The molecule has 0 amide bonds. The minimum atomic E-state index is 0.253. The summed E-state index contributed by atoms with van der Waals surface area (Å²) in [6.45, 7) is 8.64. The summed E-state index contributed by atoms with van der Waals surface area (Å²) in [7, 11) is 0. The first-order valence-corrected chi connectivity index (χ1v) is 4.90. The predicted molar refractivity (Wildman–Crippen MR) is 48.8 cm³/mol. The van der Waals surface area contributed by atoms with Crippen LogP contribution >= 0.6 is 0 Å². The van der Waals surface area contributed by atoms with Crippen LogP contribution in [0.4, 0.5) is 0 Å². The van der Waals surface area contributed by atoms with Gasteiger partial charge < -0.3 is 0 Å². The van der Waals surface area contributed by atoms with Crippen molar-refractivity contribution in [1.29, 1.82) is 0 Å². The molecule has 0 heterocycles. The summed E-state index contributed by atoms with van der Waals surface area (Å²) in [5, 5.41) is 0. The second-order valence-electron chi connectivity index (χ2n) is 5.44. The van der Waals surface area contributed by atoms with Crippen molar-refractivity contribution in [2.24, 2.45) is 22.7 Å². The maximum atomic E-state index is 11.4. The number of Topliss-reactive ketones (excluding diaryl/α,β-unsaturated/α-hetero) is 1. The first-order chi connectivity index (χ1) is 5.39. The number of hydrogen-bond donors (Lipinski definition) is 0. The lowest BCUT2D eigenvalue weighted by atomic mass is 9.70. The smallest absolute Gasteiger partial charge is 0.133 e. The van der Waals surface area contributed by atoms with Crippen LogP contribution in [0.1, 0.15) is 40.5 Å². The summed E-state index contributed by atoms with van der Waals surface area (Å²) < 4.78 is 0.